The molecule has 0 atom stereocenters. The number of unbranched alkanes of at least 4 members (excludes halogenated alkanes) is 4. The van der Waals surface area contributed by atoms with Gasteiger partial charge in [0.15, 0.2) is 5.75 Å². The first-order valence-electron chi connectivity index (χ1n) is 8.29. The molecule has 1 aliphatic heterocycles. The minimum atomic E-state index is -0.746. The fourth-order valence-corrected chi connectivity index (χ4v) is 2.43. The van der Waals surface area contributed by atoms with Crippen molar-refractivity contribution in [1.82, 2.24) is 10.4 Å². The van der Waals surface area contributed by atoms with Crippen molar-refractivity contribution in [1.29, 1.82) is 0 Å². The lowest BCUT2D eigenvalue weighted by Crippen LogP contribution is -2.25. The Hall–Kier alpha value is -1.79. The van der Waals surface area contributed by atoms with Gasteiger partial charge in [-0.05, 0) is 31.0 Å². The van der Waals surface area contributed by atoms with Crippen LogP contribution in [0.25, 0.3) is 0 Å². The smallest absolute Gasteiger partial charge is 0.303 e. The molecule has 1 amide bonds. The van der Waals surface area contributed by atoms with Gasteiger partial charge >= 0.3 is 5.97 Å². The Morgan fingerprint density at radius 3 is 2.58 bits per heavy atom. The number of hydroxylamine groups is 2. The van der Waals surface area contributed by atoms with Crippen LogP contribution in [0.2, 0.25) is 5.02 Å². The average molecular weight is 355 g/mol. The number of rotatable bonds is 11. The Morgan fingerprint density at radius 2 is 1.88 bits per heavy atom. The zero-order valence-electron chi connectivity index (χ0n) is 13.6. The van der Waals surface area contributed by atoms with Gasteiger partial charge < -0.3 is 15.3 Å². The summed E-state index contributed by atoms with van der Waals surface area (Å²) in [5.74, 6) is -0.423. The largest absolute Gasteiger partial charge is 0.481 e. The lowest BCUT2D eigenvalue weighted by molar-refractivity contribution is -0.137. The molecule has 1 aromatic rings. The third-order valence-corrected chi connectivity index (χ3v) is 3.91. The van der Waals surface area contributed by atoms with Crippen LogP contribution in [0, 0.1) is 0 Å². The highest BCUT2D eigenvalue weighted by Gasteiger charge is 2.23. The monoisotopic (exact) mass is 354 g/mol. The van der Waals surface area contributed by atoms with Gasteiger partial charge in [-0.3, -0.25) is 9.59 Å². The molecule has 2 N–H and O–H groups in total. The highest BCUT2D eigenvalue weighted by Crippen LogP contribution is 2.25. The molecule has 6 nitrogen and oxygen atoms in total. The molecule has 24 heavy (non-hydrogen) atoms. The molecule has 0 unspecified atom stereocenters. The van der Waals surface area contributed by atoms with Crippen molar-refractivity contribution in [3.63, 3.8) is 0 Å². The number of halogens is 1. The number of nitrogens with zero attached hydrogens (tertiary/aromatic N) is 1. The van der Waals surface area contributed by atoms with Crippen molar-refractivity contribution >= 4 is 23.5 Å². The van der Waals surface area contributed by atoms with Crippen LogP contribution in [-0.4, -0.2) is 41.7 Å². The summed E-state index contributed by atoms with van der Waals surface area (Å²) in [6, 6.07) is 5.02. The van der Waals surface area contributed by atoms with Crippen molar-refractivity contribution in [3.8, 4) is 5.75 Å². The summed E-state index contributed by atoms with van der Waals surface area (Å²) >= 11 is 5.98. The number of carbonyl (C=O) groups excluding carboxylic acids is 1. The molecule has 1 heterocycles. The number of carbonyl (C=O) groups is 2. The van der Waals surface area contributed by atoms with Gasteiger partial charge in [-0.1, -0.05) is 30.9 Å². The third kappa shape index (κ3) is 6.76. The van der Waals surface area contributed by atoms with Crippen LogP contribution >= 0.6 is 11.6 Å². The van der Waals surface area contributed by atoms with Gasteiger partial charge in [0.25, 0.3) is 5.91 Å². The van der Waals surface area contributed by atoms with Crippen LogP contribution in [0.5, 0.6) is 5.75 Å². The van der Waals surface area contributed by atoms with Crippen LogP contribution in [0.1, 0.15) is 48.9 Å². The van der Waals surface area contributed by atoms with Gasteiger partial charge in [0.1, 0.15) is 0 Å². The van der Waals surface area contributed by atoms with Crippen molar-refractivity contribution in [2.24, 2.45) is 0 Å². The highest BCUT2D eigenvalue weighted by atomic mass is 35.5. The average Bonchev–Trinajstić information content (AvgIpc) is 3.35. The van der Waals surface area contributed by atoms with Gasteiger partial charge in [-0.15, -0.1) is 5.06 Å². The van der Waals surface area contributed by atoms with E-state index in [1.165, 1.54) is 0 Å². The molecular weight excluding hydrogens is 332 g/mol. The molecule has 0 aliphatic carbocycles. The van der Waals surface area contributed by atoms with E-state index in [1.807, 2.05) is 0 Å². The van der Waals surface area contributed by atoms with E-state index in [1.54, 1.807) is 23.3 Å². The Balaban J connectivity index is 1.68. The van der Waals surface area contributed by atoms with E-state index < -0.39 is 5.97 Å². The molecule has 0 aromatic heterocycles. The van der Waals surface area contributed by atoms with Gasteiger partial charge in [-0.25, -0.2) is 0 Å². The topological polar surface area (TPSA) is 78.6 Å². The predicted molar refractivity (Wildman–Crippen MR) is 91.3 cm³/mol. The quantitative estimate of drug-likeness (QED) is 0.471. The fraction of sp³-hybridized carbons (Fsp3) is 0.529. The standard InChI is InChI=1S/C17H23ClN2O4/c18-13-7-8-15(24-20-10-11-20)14(12-13)17(23)19-9-5-3-1-2-4-6-16(21)22/h7-8,12H,1-6,9-11H2,(H,19,23)(H,21,22). The summed E-state index contributed by atoms with van der Waals surface area (Å²) in [5, 5.41) is 13.7. The maximum absolute atomic E-state index is 12.3. The molecular formula is C17H23ClN2O4. The second kappa shape index (κ2) is 9.49. The molecule has 0 radical (unpaired) electrons. The highest BCUT2D eigenvalue weighted by molar-refractivity contribution is 6.31. The van der Waals surface area contributed by atoms with E-state index >= 15 is 0 Å². The molecule has 1 saturated heterocycles. The van der Waals surface area contributed by atoms with Gasteiger partial charge in [-0.2, -0.15) is 0 Å². The SMILES string of the molecule is O=C(O)CCCCCCCNC(=O)c1cc(Cl)ccc1ON1CC1. The molecule has 1 aliphatic rings. The second-order valence-electron chi connectivity index (χ2n) is 5.83. The van der Waals surface area contributed by atoms with E-state index in [0.717, 1.165) is 38.8 Å². The number of hydrogen-bond acceptors (Lipinski definition) is 4. The van der Waals surface area contributed by atoms with E-state index in [2.05, 4.69) is 5.32 Å². The first-order valence-corrected chi connectivity index (χ1v) is 8.66. The summed E-state index contributed by atoms with van der Waals surface area (Å²) in [6.45, 7) is 2.31. The summed E-state index contributed by atoms with van der Waals surface area (Å²) in [6.07, 6.45) is 4.65. The summed E-state index contributed by atoms with van der Waals surface area (Å²) in [5.41, 5.74) is 0.441. The van der Waals surface area contributed by atoms with Gasteiger partial charge in [0.2, 0.25) is 0 Å². The van der Waals surface area contributed by atoms with E-state index in [-0.39, 0.29) is 12.3 Å². The number of benzene rings is 1. The zero-order chi connectivity index (χ0) is 17.4. The predicted octanol–water partition coefficient (Wildman–Crippen LogP) is 3.10. The Morgan fingerprint density at radius 1 is 1.17 bits per heavy atom. The van der Waals surface area contributed by atoms with Crippen molar-refractivity contribution in [2.75, 3.05) is 19.6 Å². The lowest BCUT2D eigenvalue weighted by atomic mass is 10.1. The molecule has 1 fully saturated rings. The molecule has 0 bridgehead atoms. The number of carboxylic acid groups (broad SMARTS) is 1. The fourth-order valence-electron chi connectivity index (χ4n) is 2.26. The summed E-state index contributed by atoms with van der Waals surface area (Å²) < 4.78 is 0. The number of aliphatic carboxylic acids is 1. The van der Waals surface area contributed by atoms with Crippen LogP contribution in [0.4, 0.5) is 0 Å². The number of amides is 1. The number of hydrogen-bond donors (Lipinski definition) is 2. The molecule has 1 aromatic carbocycles. The molecule has 7 heteroatoms. The normalized spacial score (nSPS) is 13.5. The minimum Gasteiger partial charge on any atom is -0.481 e. The third-order valence-electron chi connectivity index (χ3n) is 3.67. The van der Waals surface area contributed by atoms with Crippen LogP contribution in [0.3, 0.4) is 0 Å². The van der Waals surface area contributed by atoms with Gasteiger partial charge in [0, 0.05) is 18.0 Å². The molecule has 132 valence electrons. The van der Waals surface area contributed by atoms with E-state index in [9.17, 15) is 9.59 Å². The van der Waals surface area contributed by atoms with Crippen molar-refractivity contribution in [3.05, 3.63) is 28.8 Å². The first kappa shape index (κ1) is 18.5. The number of carboxylic acids is 1. The van der Waals surface area contributed by atoms with Crippen molar-refractivity contribution in [2.45, 2.75) is 38.5 Å². The Bertz CT molecular complexity index is 576. The van der Waals surface area contributed by atoms with Crippen molar-refractivity contribution < 1.29 is 19.5 Å². The summed E-state index contributed by atoms with van der Waals surface area (Å²) in [7, 11) is 0. The Labute approximate surface area is 146 Å². The molecule has 2 rings (SSSR count). The molecule has 0 spiro atoms. The van der Waals surface area contributed by atoms with Gasteiger partial charge in [0.05, 0.1) is 18.7 Å². The molecule has 0 saturated carbocycles. The maximum atomic E-state index is 12.3. The van der Waals surface area contributed by atoms with Crippen LogP contribution in [-0.2, 0) is 4.79 Å². The second-order valence-corrected chi connectivity index (χ2v) is 6.26. The minimum absolute atomic E-state index is 0.194. The lowest BCUT2D eigenvalue weighted by Gasteiger charge is -2.11. The van der Waals surface area contributed by atoms with Crippen LogP contribution < -0.4 is 10.2 Å². The first-order chi connectivity index (χ1) is 11.6. The van der Waals surface area contributed by atoms with Crippen LogP contribution in [0.15, 0.2) is 18.2 Å². The maximum Gasteiger partial charge on any atom is 0.303 e. The van der Waals surface area contributed by atoms with E-state index in [4.69, 9.17) is 21.5 Å². The van der Waals surface area contributed by atoms with E-state index in [0.29, 0.717) is 29.3 Å². The Kier molecular flexibility index (Phi) is 7.34. The number of nitrogens with one attached hydrogen (secondary N) is 1. The zero-order valence-corrected chi connectivity index (χ0v) is 14.3. The summed E-state index contributed by atoms with van der Waals surface area (Å²) in [4.78, 5) is 28.3.